The maximum atomic E-state index is 15.0. The van der Waals surface area contributed by atoms with E-state index in [4.69, 9.17) is 37.9 Å². The minimum Gasteiger partial charge on any atom is -0.432 e. The van der Waals surface area contributed by atoms with Crippen LogP contribution in [-0.4, -0.2) is 233 Å². The summed E-state index contributed by atoms with van der Waals surface area (Å²) >= 11 is 0. The molecule has 4 aliphatic heterocycles. The third kappa shape index (κ3) is 9.56. The molecule has 436 valence electrons. The third-order valence-corrected chi connectivity index (χ3v) is 21.2. The summed E-state index contributed by atoms with van der Waals surface area (Å²) in [7, 11) is 0. The van der Waals surface area contributed by atoms with Gasteiger partial charge in [0.15, 0.2) is 18.9 Å². The SMILES string of the molecule is CC1(C)CCC2(C(=O)OC3OC(COC4OC(CO)C(O)C(O)C4O)C(O)C(O)C3O)CCC3(C)C(=CCC4C5(C)CCC(OC6OCC(OC7OC(CO)C(O)C(O)C7O)C(O)C6O)C(C)(CO)C5CCC43C)C2C1. The van der Waals surface area contributed by atoms with E-state index in [0.29, 0.717) is 44.9 Å². The molecule has 0 aromatic carbocycles. The van der Waals surface area contributed by atoms with Crippen LogP contribution < -0.4 is 0 Å². The Morgan fingerprint density at radius 1 is 0.592 bits per heavy atom. The number of fused-ring (bicyclic) bond motifs is 7. The molecule has 28 atom stereocenters. The van der Waals surface area contributed by atoms with Crippen LogP contribution in [0.2, 0.25) is 0 Å². The van der Waals surface area contributed by atoms with Gasteiger partial charge in [0, 0.05) is 5.41 Å². The molecule has 0 spiro atoms. The van der Waals surface area contributed by atoms with Crippen molar-refractivity contribution in [2.45, 2.75) is 229 Å². The normalized spacial score (nSPS) is 54.3. The predicted octanol–water partition coefficient (Wildman–Crippen LogP) is -2.42. The topological polar surface area (TPSA) is 374 Å². The lowest BCUT2D eigenvalue weighted by Crippen LogP contribution is -2.67. The molecule has 14 N–H and O–H groups in total. The van der Waals surface area contributed by atoms with Crippen LogP contribution >= 0.6 is 0 Å². The first kappa shape index (κ1) is 59.0. The molecule has 23 nitrogen and oxygen atoms in total. The van der Waals surface area contributed by atoms with Gasteiger partial charge in [0.25, 0.3) is 0 Å². The molecule has 0 aromatic heterocycles. The van der Waals surface area contributed by atoms with Crippen molar-refractivity contribution >= 4 is 5.97 Å². The first-order chi connectivity index (χ1) is 35.7. The number of aliphatic hydroxyl groups excluding tert-OH is 14. The fraction of sp³-hybridized carbons (Fsp3) is 0.943. The van der Waals surface area contributed by atoms with E-state index in [1.54, 1.807) is 0 Å². The van der Waals surface area contributed by atoms with Crippen molar-refractivity contribution in [2.75, 3.05) is 33.0 Å². The van der Waals surface area contributed by atoms with Crippen LogP contribution in [0.15, 0.2) is 11.6 Å². The molecule has 9 rings (SSSR count). The maximum Gasteiger partial charge on any atom is 0.315 e. The second-order valence-electron chi connectivity index (χ2n) is 25.7. The average molecular weight is 1090 g/mol. The number of hydrogen-bond donors (Lipinski definition) is 14. The average Bonchev–Trinajstić information content (AvgIpc) is 3.56. The van der Waals surface area contributed by atoms with E-state index < -0.39 is 159 Å². The summed E-state index contributed by atoms with van der Waals surface area (Å²) in [6, 6.07) is 0. The fourth-order valence-corrected chi connectivity index (χ4v) is 16.1. The van der Waals surface area contributed by atoms with E-state index in [1.165, 1.54) is 5.57 Å². The Hall–Kier alpha value is -1.63. The molecule has 4 saturated carbocycles. The second kappa shape index (κ2) is 21.6. The largest absolute Gasteiger partial charge is 0.432 e. The first-order valence-electron chi connectivity index (χ1n) is 27.4. The molecule has 0 aromatic rings. The summed E-state index contributed by atoms with van der Waals surface area (Å²) in [6.45, 7) is 11.0. The van der Waals surface area contributed by atoms with E-state index >= 15 is 4.79 Å². The fourth-order valence-electron chi connectivity index (χ4n) is 16.1. The van der Waals surface area contributed by atoms with Gasteiger partial charge in [0.2, 0.25) is 6.29 Å². The standard InChI is InChI=1S/C53H86O23/c1-48(2)13-15-53(47(68)76-46-42(67)38(63)34(59)27(74-46)20-69-43-40(65)36(61)32(57)25(18-54)71-43)16-14-51(5)23(24(53)17-48)7-8-30-49(3)11-10-31(50(4,22-56)29(49)9-12-52(30,51)6)75-44-39(64)35(60)28(21-70-44)73-45-41(66)37(62)33(58)26(19-55)72-45/h7,24-46,54-67H,8-22H2,1-6H3. The molecule has 0 radical (unpaired) electrons. The highest BCUT2D eigenvalue weighted by Gasteiger charge is 2.71. The molecule has 28 unspecified atom stereocenters. The van der Waals surface area contributed by atoms with Gasteiger partial charge < -0.3 is 109 Å². The lowest BCUT2D eigenvalue weighted by atomic mass is 9.33. The minimum absolute atomic E-state index is 0.0400. The third-order valence-electron chi connectivity index (χ3n) is 21.2. The van der Waals surface area contributed by atoms with Crippen LogP contribution in [0.4, 0.5) is 0 Å². The van der Waals surface area contributed by atoms with E-state index in [-0.39, 0.29) is 52.6 Å². The molecule has 9 aliphatic rings. The molecule has 4 heterocycles. The van der Waals surface area contributed by atoms with Gasteiger partial charge in [0.05, 0.1) is 44.6 Å². The number of carbonyl (C=O) groups is 1. The van der Waals surface area contributed by atoms with Crippen molar-refractivity contribution in [1.82, 2.24) is 0 Å². The lowest BCUT2D eigenvalue weighted by Gasteiger charge is -2.71. The van der Waals surface area contributed by atoms with E-state index in [1.807, 2.05) is 6.92 Å². The van der Waals surface area contributed by atoms with Crippen LogP contribution in [0.1, 0.15) is 106 Å². The molecule has 5 aliphatic carbocycles. The molecule has 0 bridgehead atoms. The molecule has 76 heavy (non-hydrogen) atoms. The minimum atomic E-state index is -1.84. The van der Waals surface area contributed by atoms with Crippen LogP contribution in [-0.2, 0) is 42.7 Å². The van der Waals surface area contributed by atoms with Gasteiger partial charge in [-0.25, -0.2) is 0 Å². The number of esters is 1. The van der Waals surface area contributed by atoms with Gasteiger partial charge in [-0.15, -0.1) is 0 Å². The number of ether oxygens (including phenoxy) is 8. The van der Waals surface area contributed by atoms with E-state index in [0.717, 1.165) is 19.3 Å². The zero-order valence-electron chi connectivity index (χ0n) is 44.4. The summed E-state index contributed by atoms with van der Waals surface area (Å²) in [5.41, 5.74) is -1.70. The molecule has 8 fully saturated rings. The Bertz CT molecular complexity index is 2080. The highest BCUT2D eigenvalue weighted by atomic mass is 16.8. The highest BCUT2D eigenvalue weighted by molar-refractivity contribution is 5.79. The van der Waals surface area contributed by atoms with Crippen molar-refractivity contribution in [2.24, 2.45) is 50.2 Å². The predicted molar refractivity (Wildman–Crippen MR) is 258 cm³/mol. The van der Waals surface area contributed by atoms with Gasteiger partial charge >= 0.3 is 5.97 Å². The summed E-state index contributed by atoms with van der Waals surface area (Å²) in [5, 5.41) is 148. The van der Waals surface area contributed by atoms with Crippen molar-refractivity contribution in [1.29, 1.82) is 0 Å². The maximum absolute atomic E-state index is 15.0. The number of aliphatic hydroxyl groups is 14. The zero-order valence-corrected chi connectivity index (χ0v) is 44.4. The van der Waals surface area contributed by atoms with Gasteiger partial charge in [-0.1, -0.05) is 53.2 Å². The Kier molecular flexibility index (Phi) is 16.8. The molecule has 23 heteroatoms. The molecular weight excluding hydrogens is 1000 g/mol. The smallest absolute Gasteiger partial charge is 0.315 e. The van der Waals surface area contributed by atoms with Crippen molar-refractivity contribution in [3.63, 3.8) is 0 Å². The van der Waals surface area contributed by atoms with Crippen molar-refractivity contribution < 1.29 is 114 Å². The summed E-state index contributed by atoms with van der Waals surface area (Å²) in [6.07, 6.45) is -21.9. The molecule has 4 saturated heterocycles. The van der Waals surface area contributed by atoms with Crippen molar-refractivity contribution in [3.8, 4) is 0 Å². The lowest BCUT2D eigenvalue weighted by molar-refractivity contribution is -0.352. The zero-order chi connectivity index (χ0) is 55.4. The Labute approximate surface area is 442 Å². The first-order valence-corrected chi connectivity index (χ1v) is 27.4. The van der Waals surface area contributed by atoms with Crippen LogP contribution in [0, 0.1) is 50.2 Å². The van der Waals surface area contributed by atoms with Gasteiger partial charge in [-0.3, -0.25) is 4.79 Å². The van der Waals surface area contributed by atoms with E-state index in [2.05, 4.69) is 40.7 Å². The van der Waals surface area contributed by atoms with Crippen LogP contribution in [0.5, 0.6) is 0 Å². The quantitative estimate of drug-likeness (QED) is 0.0549. The Morgan fingerprint density at radius 3 is 1.79 bits per heavy atom. The van der Waals surface area contributed by atoms with E-state index in [9.17, 15) is 71.5 Å². The van der Waals surface area contributed by atoms with Crippen molar-refractivity contribution in [3.05, 3.63) is 11.6 Å². The van der Waals surface area contributed by atoms with Gasteiger partial charge in [0.1, 0.15) is 91.6 Å². The highest BCUT2D eigenvalue weighted by Crippen LogP contribution is 2.76. The number of carbonyl (C=O) groups excluding carboxylic acids is 1. The number of hydrogen-bond acceptors (Lipinski definition) is 23. The second-order valence-corrected chi connectivity index (χ2v) is 25.7. The molecule has 0 amide bonds. The number of rotatable bonds is 12. The Morgan fingerprint density at radius 2 is 1.16 bits per heavy atom. The van der Waals surface area contributed by atoms with Gasteiger partial charge in [-0.2, -0.15) is 0 Å². The summed E-state index contributed by atoms with van der Waals surface area (Å²) < 4.78 is 46.8. The number of allylic oxidation sites excluding steroid dienone is 2. The summed E-state index contributed by atoms with van der Waals surface area (Å²) in [5.74, 6) is -0.732. The van der Waals surface area contributed by atoms with Gasteiger partial charge in [-0.05, 0) is 104 Å². The van der Waals surface area contributed by atoms with Crippen LogP contribution in [0.25, 0.3) is 0 Å². The monoisotopic (exact) mass is 1090 g/mol. The summed E-state index contributed by atoms with van der Waals surface area (Å²) in [4.78, 5) is 15.0. The molecular formula is C53H86O23. The van der Waals surface area contributed by atoms with Crippen LogP contribution in [0.3, 0.4) is 0 Å². The Balaban J connectivity index is 0.897.